The van der Waals surface area contributed by atoms with E-state index in [9.17, 15) is 13.2 Å². The van der Waals surface area contributed by atoms with E-state index in [0.717, 1.165) is 35.3 Å². The van der Waals surface area contributed by atoms with Crippen LogP contribution in [-0.2, 0) is 6.18 Å². The maximum Gasteiger partial charge on any atom is 0.416 e. The van der Waals surface area contributed by atoms with Crippen LogP contribution in [0.4, 0.5) is 13.2 Å². The van der Waals surface area contributed by atoms with Crippen LogP contribution in [0.5, 0.6) is 0 Å². The lowest BCUT2D eigenvalue weighted by Gasteiger charge is -2.36. The fraction of sp³-hybridized carbons (Fsp3) is 0.333. The predicted octanol–water partition coefficient (Wildman–Crippen LogP) is 8.83. The second-order valence-corrected chi connectivity index (χ2v) is 9.15. The molecule has 0 amide bonds. The van der Waals surface area contributed by atoms with E-state index in [2.05, 4.69) is 73.2 Å². The summed E-state index contributed by atoms with van der Waals surface area (Å²) in [6.07, 6.45) is 14.4. The highest BCUT2D eigenvalue weighted by molar-refractivity contribution is 5.76. The van der Waals surface area contributed by atoms with Gasteiger partial charge in [-0.25, -0.2) is 0 Å². The standard InChI is InChI=1S/C30H32F3N/c1-3-5-6-7-8-28(24-11-9-22(4-2)10-12-24)34-20-19-26-21-25(15-18-29(26)34)23-13-16-27(17-14-23)30(31,32)33/h4,9-21,26,28-29H,2-3,5-8H2,1H3. The number of alkyl halides is 3. The Morgan fingerprint density at radius 3 is 2.35 bits per heavy atom. The Hall–Kier alpha value is -3.01. The summed E-state index contributed by atoms with van der Waals surface area (Å²) in [5.74, 6) is 0.202. The van der Waals surface area contributed by atoms with Crippen molar-refractivity contribution < 1.29 is 13.2 Å². The molecule has 1 heterocycles. The monoisotopic (exact) mass is 463 g/mol. The topological polar surface area (TPSA) is 3.24 Å². The van der Waals surface area contributed by atoms with Crippen LogP contribution in [-0.4, -0.2) is 10.9 Å². The number of benzene rings is 2. The highest BCUT2D eigenvalue weighted by Crippen LogP contribution is 2.40. The Kier molecular flexibility index (Phi) is 7.45. The van der Waals surface area contributed by atoms with Crippen LogP contribution in [0.2, 0.25) is 0 Å². The molecule has 1 aliphatic heterocycles. The van der Waals surface area contributed by atoms with Gasteiger partial charge in [-0.3, -0.25) is 0 Å². The lowest BCUT2D eigenvalue weighted by atomic mass is 9.88. The van der Waals surface area contributed by atoms with Gasteiger partial charge in [-0.1, -0.05) is 106 Å². The molecule has 2 aromatic carbocycles. The van der Waals surface area contributed by atoms with Crippen molar-refractivity contribution in [2.24, 2.45) is 5.92 Å². The van der Waals surface area contributed by atoms with Crippen LogP contribution >= 0.6 is 0 Å². The third kappa shape index (κ3) is 5.38. The number of hydrogen-bond donors (Lipinski definition) is 0. The summed E-state index contributed by atoms with van der Waals surface area (Å²) in [6, 6.07) is 14.6. The Morgan fingerprint density at radius 2 is 1.71 bits per heavy atom. The van der Waals surface area contributed by atoms with Gasteiger partial charge in [-0.05, 0) is 47.0 Å². The molecule has 178 valence electrons. The van der Waals surface area contributed by atoms with E-state index < -0.39 is 11.7 Å². The number of halogens is 3. The average molecular weight is 464 g/mol. The molecule has 0 saturated carbocycles. The van der Waals surface area contributed by atoms with Crippen molar-refractivity contribution in [1.29, 1.82) is 0 Å². The number of fused-ring (bicyclic) bond motifs is 1. The molecule has 34 heavy (non-hydrogen) atoms. The second kappa shape index (κ2) is 10.5. The van der Waals surface area contributed by atoms with Crippen molar-refractivity contribution in [2.75, 3.05) is 0 Å². The average Bonchev–Trinajstić information content (AvgIpc) is 3.27. The summed E-state index contributed by atoms with van der Waals surface area (Å²) in [7, 11) is 0. The lowest BCUT2D eigenvalue weighted by Crippen LogP contribution is -2.34. The van der Waals surface area contributed by atoms with E-state index >= 15 is 0 Å². The lowest BCUT2D eigenvalue weighted by molar-refractivity contribution is -0.137. The molecule has 0 radical (unpaired) electrons. The minimum Gasteiger partial charge on any atom is -0.363 e. The molecule has 0 N–H and O–H groups in total. The highest BCUT2D eigenvalue weighted by atomic mass is 19.4. The van der Waals surface area contributed by atoms with Crippen molar-refractivity contribution in [3.63, 3.8) is 0 Å². The Bertz CT molecular complexity index is 1060. The molecule has 4 heteroatoms. The van der Waals surface area contributed by atoms with E-state index in [0.29, 0.717) is 0 Å². The summed E-state index contributed by atoms with van der Waals surface area (Å²) in [6.45, 7) is 6.09. The predicted molar refractivity (Wildman–Crippen MR) is 135 cm³/mol. The quantitative estimate of drug-likeness (QED) is 0.336. The number of allylic oxidation sites excluding steroid dienone is 2. The highest BCUT2D eigenvalue weighted by Gasteiger charge is 2.34. The molecular formula is C30H32F3N. The van der Waals surface area contributed by atoms with Crippen LogP contribution in [0.1, 0.15) is 67.3 Å². The number of rotatable bonds is 9. The van der Waals surface area contributed by atoms with Gasteiger partial charge in [-0.15, -0.1) is 0 Å². The van der Waals surface area contributed by atoms with Crippen LogP contribution in [0.3, 0.4) is 0 Å². The van der Waals surface area contributed by atoms with E-state index in [1.54, 1.807) is 12.1 Å². The summed E-state index contributed by atoms with van der Waals surface area (Å²) in [4.78, 5) is 2.45. The van der Waals surface area contributed by atoms with Crippen LogP contribution in [0.15, 0.2) is 85.6 Å². The first-order chi connectivity index (χ1) is 16.4. The molecule has 4 rings (SSSR count). The van der Waals surface area contributed by atoms with Crippen molar-refractivity contribution in [1.82, 2.24) is 4.90 Å². The zero-order valence-electron chi connectivity index (χ0n) is 19.6. The largest absolute Gasteiger partial charge is 0.416 e. The van der Waals surface area contributed by atoms with Crippen molar-refractivity contribution in [3.8, 4) is 0 Å². The molecule has 0 aromatic heterocycles. The third-order valence-electron chi connectivity index (χ3n) is 6.86. The van der Waals surface area contributed by atoms with Gasteiger partial charge in [-0.2, -0.15) is 13.2 Å². The van der Waals surface area contributed by atoms with E-state index in [1.165, 1.54) is 31.2 Å². The molecule has 0 fully saturated rings. The summed E-state index contributed by atoms with van der Waals surface area (Å²) >= 11 is 0. The summed E-state index contributed by atoms with van der Waals surface area (Å²) < 4.78 is 38.8. The molecular weight excluding hydrogens is 431 g/mol. The van der Waals surface area contributed by atoms with Crippen LogP contribution in [0, 0.1) is 5.92 Å². The molecule has 3 unspecified atom stereocenters. The summed E-state index contributed by atoms with van der Waals surface area (Å²) in [5.41, 5.74) is 3.58. The van der Waals surface area contributed by atoms with Crippen LogP contribution in [0.25, 0.3) is 11.6 Å². The van der Waals surface area contributed by atoms with Crippen molar-refractivity contribution in [2.45, 2.75) is 57.3 Å². The molecule has 1 nitrogen and oxygen atoms in total. The SMILES string of the molecule is C=Cc1ccc(C(CCCCCC)N2C=CC3C=C(c4ccc(C(F)(F)F)cc4)C=CC32)cc1. The van der Waals surface area contributed by atoms with E-state index in [4.69, 9.17) is 0 Å². The van der Waals surface area contributed by atoms with Gasteiger partial charge in [0.1, 0.15) is 0 Å². The van der Waals surface area contributed by atoms with E-state index in [1.807, 2.05) is 6.08 Å². The second-order valence-electron chi connectivity index (χ2n) is 9.15. The first kappa shape index (κ1) is 24.1. The van der Waals surface area contributed by atoms with Gasteiger partial charge >= 0.3 is 6.18 Å². The minimum atomic E-state index is -4.31. The van der Waals surface area contributed by atoms with Gasteiger partial charge in [0.25, 0.3) is 0 Å². The first-order valence-electron chi connectivity index (χ1n) is 12.2. The zero-order chi connectivity index (χ0) is 24.1. The first-order valence-corrected chi connectivity index (χ1v) is 12.2. The molecule has 2 aromatic rings. The minimum absolute atomic E-state index is 0.202. The fourth-order valence-corrected chi connectivity index (χ4v) is 4.92. The molecule has 0 spiro atoms. The van der Waals surface area contributed by atoms with Crippen molar-refractivity contribution >= 4 is 11.6 Å². The van der Waals surface area contributed by atoms with Gasteiger partial charge in [0.05, 0.1) is 17.6 Å². The van der Waals surface area contributed by atoms with Gasteiger partial charge < -0.3 is 4.90 Å². The summed E-state index contributed by atoms with van der Waals surface area (Å²) in [5, 5.41) is 0. The normalized spacial score (nSPS) is 20.2. The third-order valence-corrected chi connectivity index (χ3v) is 6.86. The number of hydrogen-bond acceptors (Lipinski definition) is 1. The Labute approximate surface area is 201 Å². The zero-order valence-corrected chi connectivity index (χ0v) is 19.6. The number of unbranched alkanes of at least 4 members (excludes halogenated alkanes) is 3. The van der Waals surface area contributed by atoms with Gasteiger partial charge in [0.2, 0.25) is 0 Å². The maximum absolute atomic E-state index is 12.9. The smallest absolute Gasteiger partial charge is 0.363 e. The molecule has 1 aliphatic carbocycles. The van der Waals surface area contributed by atoms with Gasteiger partial charge in [0.15, 0.2) is 0 Å². The molecule has 2 aliphatic rings. The fourth-order valence-electron chi connectivity index (χ4n) is 4.92. The van der Waals surface area contributed by atoms with E-state index in [-0.39, 0.29) is 18.0 Å². The number of nitrogens with zero attached hydrogens (tertiary/aromatic N) is 1. The molecule has 0 saturated heterocycles. The maximum atomic E-state index is 12.9. The van der Waals surface area contributed by atoms with Crippen molar-refractivity contribution in [3.05, 3.63) is 108 Å². The molecule has 3 atom stereocenters. The Balaban J connectivity index is 1.52. The molecule has 0 bridgehead atoms. The Morgan fingerprint density at radius 1 is 0.971 bits per heavy atom. The van der Waals surface area contributed by atoms with Gasteiger partial charge in [0, 0.05) is 5.92 Å². The van der Waals surface area contributed by atoms with Crippen LogP contribution < -0.4 is 0 Å².